The minimum absolute atomic E-state index is 0.00181. The predicted octanol–water partition coefficient (Wildman–Crippen LogP) is 2.20. The van der Waals surface area contributed by atoms with Gasteiger partial charge in [0.2, 0.25) is 5.91 Å². The molecule has 5 nitrogen and oxygen atoms in total. The zero-order valence-corrected chi connectivity index (χ0v) is 12.0. The number of anilines is 1. The molecule has 0 saturated heterocycles. The number of amides is 1. The molecule has 0 bridgehead atoms. The van der Waals surface area contributed by atoms with Crippen LogP contribution in [0.2, 0.25) is 0 Å². The Morgan fingerprint density at radius 3 is 2.95 bits per heavy atom. The monoisotopic (exact) mass is 290 g/mol. The molecule has 1 fully saturated rings. The van der Waals surface area contributed by atoms with Crippen molar-refractivity contribution in [1.29, 1.82) is 5.26 Å². The molecule has 1 aromatic rings. The fourth-order valence-corrected chi connectivity index (χ4v) is 2.76. The zero-order chi connectivity index (χ0) is 15.2. The number of hydrogen-bond acceptors (Lipinski definition) is 4. The van der Waals surface area contributed by atoms with E-state index >= 15 is 0 Å². The Morgan fingerprint density at radius 1 is 1.52 bits per heavy atom. The van der Waals surface area contributed by atoms with Crippen LogP contribution in [-0.2, 0) is 4.79 Å². The van der Waals surface area contributed by atoms with Gasteiger partial charge in [0.15, 0.2) is 11.6 Å². The maximum Gasteiger partial charge on any atom is 0.220 e. The first-order chi connectivity index (χ1) is 10.1. The van der Waals surface area contributed by atoms with Gasteiger partial charge in [0, 0.05) is 25.7 Å². The first-order valence-electron chi connectivity index (χ1n) is 7.16. The average molecular weight is 290 g/mol. The second-order valence-electron chi connectivity index (χ2n) is 5.34. The number of hydrogen-bond donors (Lipinski definition) is 2. The van der Waals surface area contributed by atoms with E-state index in [9.17, 15) is 9.18 Å². The van der Waals surface area contributed by atoms with Crippen molar-refractivity contribution >= 4 is 11.7 Å². The Balaban J connectivity index is 2.08. The number of nitriles is 1. The van der Waals surface area contributed by atoms with Gasteiger partial charge >= 0.3 is 0 Å². The summed E-state index contributed by atoms with van der Waals surface area (Å²) >= 11 is 0. The lowest BCUT2D eigenvalue weighted by molar-refractivity contribution is -0.121. The highest BCUT2D eigenvalue weighted by Crippen LogP contribution is 2.29. The van der Waals surface area contributed by atoms with Crippen LogP contribution in [0.15, 0.2) is 12.3 Å². The van der Waals surface area contributed by atoms with Crippen LogP contribution in [0.3, 0.4) is 0 Å². The van der Waals surface area contributed by atoms with Gasteiger partial charge in [-0.1, -0.05) is 12.8 Å². The van der Waals surface area contributed by atoms with Crippen molar-refractivity contribution in [2.45, 2.75) is 38.1 Å². The van der Waals surface area contributed by atoms with Gasteiger partial charge < -0.3 is 10.6 Å². The van der Waals surface area contributed by atoms with E-state index in [2.05, 4.69) is 15.6 Å². The van der Waals surface area contributed by atoms with Gasteiger partial charge in [0.1, 0.15) is 6.07 Å². The fraction of sp³-hybridized carbons (Fsp3) is 0.533. The minimum Gasteiger partial charge on any atom is -0.365 e. The molecule has 112 valence electrons. The molecule has 6 heteroatoms. The molecule has 1 amide bonds. The lowest BCUT2D eigenvalue weighted by atomic mass is 9.82. The highest BCUT2D eigenvalue weighted by atomic mass is 19.1. The SMILES string of the molecule is CNC(=O)C[C@@H]1CCCC[C@@H]1Nc1ncc(C#N)cc1F. The third kappa shape index (κ3) is 3.91. The van der Waals surface area contributed by atoms with Crippen LogP contribution in [-0.4, -0.2) is 24.0 Å². The second-order valence-corrected chi connectivity index (χ2v) is 5.34. The van der Waals surface area contributed by atoms with Crippen molar-refractivity contribution in [3.63, 3.8) is 0 Å². The van der Waals surface area contributed by atoms with Crippen molar-refractivity contribution in [3.8, 4) is 6.07 Å². The zero-order valence-electron chi connectivity index (χ0n) is 12.0. The summed E-state index contributed by atoms with van der Waals surface area (Å²) in [6, 6.07) is 3.06. The molecule has 1 aliphatic carbocycles. The van der Waals surface area contributed by atoms with Crippen LogP contribution >= 0.6 is 0 Å². The van der Waals surface area contributed by atoms with Gasteiger partial charge in [-0.3, -0.25) is 4.79 Å². The molecule has 0 spiro atoms. The van der Waals surface area contributed by atoms with Crippen molar-refractivity contribution in [3.05, 3.63) is 23.6 Å². The lowest BCUT2D eigenvalue weighted by Crippen LogP contribution is -2.36. The number of rotatable bonds is 4. The third-order valence-electron chi connectivity index (χ3n) is 3.93. The number of pyridine rings is 1. The Labute approximate surface area is 123 Å². The molecule has 2 N–H and O–H groups in total. The van der Waals surface area contributed by atoms with E-state index in [-0.39, 0.29) is 29.2 Å². The summed E-state index contributed by atoms with van der Waals surface area (Å²) in [5, 5.41) is 14.5. The Hall–Kier alpha value is -2.16. The number of aromatic nitrogens is 1. The average Bonchev–Trinajstić information content (AvgIpc) is 2.50. The van der Waals surface area contributed by atoms with Crippen molar-refractivity contribution < 1.29 is 9.18 Å². The van der Waals surface area contributed by atoms with Crippen molar-refractivity contribution in [2.75, 3.05) is 12.4 Å². The summed E-state index contributed by atoms with van der Waals surface area (Å²) in [7, 11) is 1.62. The topological polar surface area (TPSA) is 77.8 Å². The minimum atomic E-state index is -0.529. The number of nitrogens with one attached hydrogen (secondary N) is 2. The molecule has 1 heterocycles. The largest absolute Gasteiger partial charge is 0.365 e. The fourth-order valence-electron chi connectivity index (χ4n) is 2.76. The summed E-state index contributed by atoms with van der Waals surface area (Å²) in [5.41, 5.74) is 0.198. The van der Waals surface area contributed by atoms with Gasteiger partial charge in [-0.05, 0) is 24.8 Å². The summed E-state index contributed by atoms with van der Waals surface area (Å²) in [6.07, 6.45) is 5.77. The number of carbonyl (C=O) groups excluding carboxylic acids is 1. The van der Waals surface area contributed by atoms with E-state index in [1.54, 1.807) is 7.05 Å². The molecule has 0 radical (unpaired) electrons. The Bertz CT molecular complexity index is 555. The Morgan fingerprint density at radius 2 is 2.29 bits per heavy atom. The summed E-state index contributed by atoms with van der Waals surface area (Å²) in [6.45, 7) is 0. The van der Waals surface area contributed by atoms with Crippen LogP contribution in [0.1, 0.15) is 37.7 Å². The predicted molar refractivity (Wildman–Crippen MR) is 77.0 cm³/mol. The first kappa shape index (κ1) is 15.2. The summed E-state index contributed by atoms with van der Waals surface area (Å²) < 4.78 is 13.9. The highest BCUT2D eigenvalue weighted by molar-refractivity contribution is 5.75. The highest BCUT2D eigenvalue weighted by Gasteiger charge is 2.27. The molecule has 2 rings (SSSR count). The van der Waals surface area contributed by atoms with Gasteiger partial charge in [0.05, 0.1) is 5.56 Å². The third-order valence-corrected chi connectivity index (χ3v) is 3.93. The smallest absolute Gasteiger partial charge is 0.220 e. The van der Waals surface area contributed by atoms with E-state index in [4.69, 9.17) is 5.26 Å². The van der Waals surface area contributed by atoms with Crippen LogP contribution < -0.4 is 10.6 Å². The molecule has 2 atom stereocenters. The van der Waals surface area contributed by atoms with Crippen molar-refractivity contribution in [1.82, 2.24) is 10.3 Å². The molecule has 0 unspecified atom stereocenters. The maximum absolute atomic E-state index is 13.9. The van der Waals surface area contributed by atoms with Gasteiger partial charge in [-0.15, -0.1) is 0 Å². The summed E-state index contributed by atoms with van der Waals surface area (Å²) in [5.74, 6) is -0.196. The first-order valence-corrected chi connectivity index (χ1v) is 7.16. The molecule has 0 aromatic carbocycles. The molecular formula is C15H19FN4O. The quantitative estimate of drug-likeness (QED) is 0.891. The number of nitrogens with zero attached hydrogens (tertiary/aromatic N) is 2. The van der Waals surface area contributed by atoms with E-state index in [0.29, 0.717) is 6.42 Å². The van der Waals surface area contributed by atoms with Gasteiger partial charge in [-0.25, -0.2) is 9.37 Å². The number of carbonyl (C=O) groups is 1. The van der Waals surface area contributed by atoms with E-state index < -0.39 is 5.82 Å². The molecule has 21 heavy (non-hydrogen) atoms. The van der Waals surface area contributed by atoms with Gasteiger partial charge in [-0.2, -0.15) is 5.26 Å². The van der Waals surface area contributed by atoms with E-state index in [1.165, 1.54) is 12.3 Å². The molecule has 1 saturated carbocycles. The van der Waals surface area contributed by atoms with Crippen LogP contribution in [0.4, 0.5) is 10.2 Å². The standard InChI is InChI=1S/C15H19FN4O/c1-18-14(21)7-11-4-2-3-5-13(11)20-15-12(16)6-10(8-17)9-19-15/h6,9,11,13H,2-5,7H2,1H3,(H,18,21)(H,19,20)/t11-,13-/m0/s1. The molecule has 0 aliphatic heterocycles. The second kappa shape index (κ2) is 7.02. The van der Waals surface area contributed by atoms with E-state index in [0.717, 1.165) is 25.7 Å². The number of halogens is 1. The Kier molecular flexibility index (Phi) is 5.09. The lowest BCUT2D eigenvalue weighted by Gasteiger charge is -2.32. The molecule has 1 aliphatic rings. The van der Waals surface area contributed by atoms with Crippen LogP contribution in [0, 0.1) is 23.1 Å². The molecular weight excluding hydrogens is 271 g/mol. The van der Waals surface area contributed by atoms with Gasteiger partial charge in [0.25, 0.3) is 0 Å². The van der Waals surface area contributed by atoms with E-state index in [1.807, 2.05) is 6.07 Å². The maximum atomic E-state index is 13.9. The normalized spacial score (nSPS) is 21.4. The van der Waals surface area contributed by atoms with Crippen molar-refractivity contribution in [2.24, 2.45) is 5.92 Å². The summed E-state index contributed by atoms with van der Waals surface area (Å²) in [4.78, 5) is 15.5. The van der Waals surface area contributed by atoms with Crippen LogP contribution in [0.5, 0.6) is 0 Å². The van der Waals surface area contributed by atoms with Crippen LogP contribution in [0.25, 0.3) is 0 Å². The molecule has 1 aromatic heterocycles.